The van der Waals surface area contributed by atoms with Gasteiger partial charge in [0.15, 0.2) is 5.82 Å². The van der Waals surface area contributed by atoms with Crippen LogP contribution in [0.5, 0.6) is 0 Å². The van der Waals surface area contributed by atoms with Gasteiger partial charge in [0.1, 0.15) is 9.98 Å². The smallest absolute Gasteiger partial charge is 0.162 e. The van der Waals surface area contributed by atoms with Crippen LogP contribution in [0, 0.1) is 0 Å². The summed E-state index contributed by atoms with van der Waals surface area (Å²) >= 11 is 11.9. The summed E-state index contributed by atoms with van der Waals surface area (Å²) in [6.45, 7) is 0. The summed E-state index contributed by atoms with van der Waals surface area (Å²) in [6, 6.07) is 23.2. The second kappa shape index (κ2) is 6.49. The molecule has 0 radical (unpaired) electrons. The van der Waals surface area contributed by atoms with Gasteiger partial charge >= 0.3 is 0 Å². The molecule has 5 aromatic rings. The topological polar surface area (TPSA) is 25.8 Å². The van der Waals surface area contributed by atoms with Crippen LogP contribution in [0.1, 0.15) is 0 Å². The van der Waals surface area contributed by atoms with Crippen molar-refractivity contribution in [3.8, 4) is 11.4 Å². The number of benzene rings is 3. The van der Waals surface area contributed by atoms with Gasteiger partial charge in [-0.3, -0.25) is 0 Å². The number of thiophene rings is 1. The summed E-state index contributed by atoms with van der Waals surface area (Å²) in [5, 5.41) is 2.58. The lowest BCUT2D eigenvalue weighted by molar-refractivity contribution is 1.15. The van der Waals surface area contributed by atoms with Gasteiger partial charge < -0.3 is 0 Å². The Hall–Kier alpha value is -2.05. The van der Waals surface area contributed by atoms with Crippen LogP contribution in [0.15, 0.2) is 86.3 Å². The number of hydrogen-bond acceptors (Lipinski definition) is 5. The highest BCUT2D eigenvalue weighted by molar-refractivity contribution is 8.05. The average molecular weight is 435 g/mol. The summed E-state index contributed by atoms with van der Waals surface area (Å²) in [5.74, 6) is 0.677. The van der Waals surface area contributed by atoms with Crippen molar-refractivity contribution in [2.45, 2.75) is 19.6 Å². The zero-order chi connectivity index (χ0) is 18.7. The Bertz CT molecular complexity index is 1390. The lowest BCUT2D eigenvalue weighted by atomic mass is 10.2. The van der Waals surface area contributed by atoms with Gasteiger partial charge in [-0.1, -0.05) is 65.5 Å². The van der Waals surface area contributed by atoms with Crippen molar-refractivity contribution in [1.29, 1.82) is 0 Å². The maximum absolute atomic E-state index is 6.59. The molecule has 1 aliphatic heterocycles. The molecule has 0 fully saturated rings. The molecule has 3 aromatic carbocycles. The van der Waals surface area contributed by atoms with Crippen molar-refractivity contribution in [1.82, 2.24) is 9.97 Å². The van der Waals surface area contributed by atoms with Gasteiger partial charge in [0.25, 0.3) is 0 Å². The predicted octanol–water partition coefficient (Wildman–Crippen LogP) is 7.78. The number of hydrogen-bond donors (Lipinski definition) is 0. The Morgan fingerprint density at radius 3 is 2.29 bits per heavy atom. The third kappa shape index (κ3) is 2.65. The van der Waals surface area contributed by atoms with Crippen LogP contribution in [-0.2, 0) is 0 Å². The molecule has 0 saturated carbocycles. The Morgan fingerprint density at radius 1 is 0.714 bits per heavy atom. The molecule has 0 atom stereocenters. The molecule has 2 nitrogen and oxygen atoms in total. The second-order valence-corrected chi connectivity index (χ2v) is 9.98. The third-order valence-corrected chi connectivity index (χ3v) is 8.57. The standard InChI is InChI=1S/C22H11ClN2S3/c23-20-19-13-5-1-2-6-14(13)28-22(19)25-21(24-20)12-9-10-17-18(11-12)27-16-8-4-3-7-15(16)26-17/h1-11H. The van der Waals surface area contributed by atoms with Crippen molar-refractivity contribution in [2.75, 3.05) is 0 Å². The molecule has 1 aliphatic rings. The first-order valence-electron chi connectivity index (χ1n) is 8.70. The van der Waals surface area contributed by atoms with Crippen LogP contribution >= 0.6 is 46.5 Å². The monoisotopic (exact) mass is 434 g/mol. The van der Waals surface area contributed by atoms with Crippen LogP contribution in [0.2, 0.25) is 5.15 Å². The predicted molar refractivity (Wildman–Crippen MR) is 120 cm³/mol. The molecule has 0 saturated heterocycles. The third-order valence-electron chi connectivity index (χ3n) is 4.69. The highest BCUT2D eigenvalue weighted by Gasteiger charge is 2.19. The first-order valence-corrected chi connectivity index (χ1v) is 11.5. The first kappa shape index (κ1) is 16.9. The maximum atomic E-state index is 6.59. The second-order valence-electron chi connectivity index (χ2n) is 6.43. The zero-order valence-electron chi connectivity index (χ0n) is 14.3. The van der Waals surface area contributed by atoms with Crippen LogP contribution in [-0.4, -0.2) is 9.97 Å². The van der Waals surface area contributed by atoms with E-state index in [1.165, 1.54) is 24.3 Å². The molecule has 134 valence electrons. The molecular weight excluding hydrogens is 424 g/mol. The van der Waals surface area contributed by atoms with Crippen LogP contribution in [0.3, 0.4) is 0 Å². The van der Waals surface area contributed by atoms with Gasteiger partial charge in [-0.2, -0.15) is 0 Å². The molecule has 0 spiro atoms. The number of nitrogens with zero attached hydrogens (tertiary/aromatic N) is 2. The average Bonchev–Trinajstić information content (AvgIpc) is 3.10. The highest BCUT2D eigenvalue weighted by Crippen LogP contribution is 2.49. The van der Waals surface area contributed by atoms with E-state index in [-0.39, 0.29) is 0 Å². The van der Waals surface area contributed by atoms with Gasteiger partial charge in [0, 0.05) is 35.2 Å². The van der Waals surface area contributed by atoms with E-state index >= 15 is 0 Å². The Balaban J connectivity index is 1.48. The number of fused-ring (bicyclic) bond motifs is 5. The Kier molecular flexibility index (Phi) is 3.91. The Labute approximate surface area is 179 Å². The molecule has 0 aliphatic carbocycles. The summed E-state index contributed by atoms with van der Waals surface area (Å²) in [5.41, 5.74) is 0.993. The van der Waals surface area contributed by atoms with Crippen molar-refractivity contribution in [3.63, 3.8) is 0 Å². The van der Waals surface area contributed by atoms with E-state index in [4.69, 9.17) is 16.6 Å². The quantitative estimate of drug-likeness (QED) is 0.247. The van der Waals surface area contributed by atoms with Crippen molar-refractivity contribution < 1.29 is 0 Å². The van der Waals surface area contributed by atoms with E-state index in [0.717, 1.165) is 21.2 Å². The normalized spacial score (nSPS) is 12.9. The molecular formula is C22H11ClN2S3. The lowest BCUT2D eigenvalue weighted by Crippen LogP contribution is -1.93. The highest BCUT2D eigenvalue weighted by atomic mass is 35.5. The van der Waals surface area contributed by atoms with E-state index in [0.29, 0.717) is 11.0 Å². The number of rotatable bonds is 1. The molecule has 28 heavy (non-hydrogen) atoms. The van der Waals surface area contributed by atoms with E-state index in [1.54, 1.807) is 23.1 Å². The van der Waals surface area contributed by atoms with Gasteiger partial charge in [0.05, 0.1) is 5.39 Å². The molecule has 0 amide bonds. The van der Waals surface area contributed by atoms with Crippen LogP contribution in [0.25, 0.3) is 31.7 Å². The Morgan fingerprint density at radius 2 is 1.43 bits per heavy atom. The molecule has 6 heteroatoms. The van der Waals surface area contributed by atoms with Gasteiger partial charge in [-0.15, -0.1) is 11.3 Å². The fourth-order valence-electron chi connectivity index (χ4n) is 3.38. The van der Waals surface area contributed by atoms with E-state index in [2.05, 4.69) is 59.6 Å². The summed E-state index contributed by atoms with van der Waals surface area (Å²) in [7, 11) is 0. The van der Waals surface area contributed by atoms with E-state index in [1.807, 2.05) is 23.9 Å². The maximum Gasteiger partial charge on any atom is 0.162 e. The zero-order valence-corrected chi connectivity index (χ0v) is 17.6. The molecule has 6 rings (SSSR count). The minimum atomic E-state index is 0.516. The SMILES string of the molecule is Clc1nc(-c2ccc3c(c2)Sc2ccccc2S3)nc2sc3ccccc3c12. The van der Waals surface area contributed by atoms with Crippen LogP contribution < -0.4 is 0 Å². The first-order chi connectivity index (χ1) is 13.8. The fourth-order valence-corrected chi connectivity index (χ4v) is 7.03. The van der Waals surface area contributed by atoms with Crippen LogP contribution in [0.4, 0.5) is 0 Å². The molecule has 3 heterocycles. The largest absolute Gasteiger partial charge is 0.217 e. The fraction of sp³-hybridized carbons (Fsp3) is 0. The lowest BCUT2D eigenvalue weighted by Gasteiger charge is -2.18. The van der Waals surface area contributed by atoms with E-state index in [9.17, 15) is 0 Å². The minimum Gasteiger partial charge on any atom is -0.217 e. The molecule has 2 aromatic heterocycles. The van der Waals surface area contributed by atoms with Gasteiger partial charge in [0.2, 0.25) is 0 Å². The summed E-state index contributed by atoms with van der Waals surface area (Å²) < 4.78 is 1.18. The van der Waals surface area contributed by atoms with Crippen molar-refractivity contribution >= 4 is 66.8 Å². The number of aromatic nitrogens is 2. The molecule has 0 bridgehead atoms. The van der Waals surface area contributed by atoms with Gasteiger partial charge in [-0.25, -0.2) is 9.97 Å². The summed E-state index contributed by atoms with van der Waals surface area (Å²) in [4.78, 5) is 15.5. The molecule has 0 N–H and O–H groups in total. The van der Waals surface area contributed by atoms with Crippen molar-refractivity contribution in [3.05, 3.63) is 71.9 Å². The van der Waals surface area contributed by atoms with Gasteiger partial charge in [-0.05, 0) is 36.4 Å². The minimum absolute atomic E-state index is 0.516. The molecule has 0 unspecified atom stereocenters. The summed E-state index contributed by atoms with van der Waals surface area (Å²) in [6.07, 6.45) is 0. The van der Waals surface area contributed by atoms with Crippen molar-refractivity contribution in [2.24, 2.45) is 0 Å². The van der Waals surface area contributed by atoms with E-state index < -0.39 is 0 Å². The number of halogens is 1.